The van der Waals surface area contributed by atoms with Gasteiger partial charge in [0.2, 0.25) is 0 Å². The summed E-state index contributed by atoms with van der Waals surface area (Å²) in [5.41, 5.74) is 5.37. The molecule has 0 aromatic carbocycles. The van der Waals surface area contributed by atoms with Crippen molar-refractivity contribution in [3.63, 3.8) is 0 Å². The first-order valence-corrected chi connectivity index (χ1v) is 4.41. The Bertz CT molecular complexity index is 131. The maximum atomic E-state index is 5.37. The van der Waals surface area contributed by atoms with Crippen LogP contribution in [0.25, 0.3) is 0 Å². The SMILES string of the molecule is NCCNC1=NCCCCC1. The molecule has 1 aliphatic rings. The van der Waals surface area contributed by atoms with Crippen LogP contribution in [-0.4, -0.2) is 25.5 Å². The van der Waals surface area contributed by atoms with Gasteiger partial charge < -0.3 is 11.1 Å². The van der Waals surface area contributed by atoms with Gasteiger partial charge in [-0.3, -0.25) is 4.99 Å². The normalized spacial score (nSPS) is 18.8. The van der Waals surface area contributed by atoms with Crippen LogP contribution in [0.2, 0.25) is 0 Å². The van der Waals surface area contributed by atoms with Gasteiger partial charge >= 0.3 is 0 Å². The van der Waals surface area contributed by atoms with E-state index in [-0.39, 0.29) is 0 Å². The molecule has 1 heterocycles. The monoisotopic (exact) mass is 155 g/mol. The molecule has 1 aliphatic heterocycles. The van der Waals surface area contributed by atoms with Gasteiger partial charge in [-0.1, -0.05) is 6.42 Å². The highest BCUT2D eigenvalue weighted by Gasteiger charge is 2.01. The second kappa shape index (κ2) is 5.13. The number of nitrogens with zero attached hydrogens (tertiary/aromatic N) is 1. The molecule has 0 atom stereocenters. The predicted octanol–water partition coefficient (Wildman–Crippen LogP) is 0.507. The lowest BCUT2D eigenvalue weighted by atomic mass is 10.2. The van der Waals surface area contributed by atoms with Gasteiger partial charge in [0.1, 0.15) is 0 Å². The zero-order valence-corrected chi connectivity index (χ0v) is 6.97. The Morgan fingerprint density at radius 2 is 2.27 bits per heavy atom. The summed E-state index contributed by atoms with van der Waals surface area (Å²) in [6.45, 7) is 2.55. The Morgan fingerprint density at radius 3 is 3.09 bits per heavy atom. The molecule has 11 heavy (non-hydrogen) atoms. The van der Waals surface area contributed by atoms with E-state index in [0.29, 0.717) is 6.54 Å². The maximum absolute atomic E-state index is 5.37. The van der Waals surface area contributed by atoms with Crippen LogP contribution in [-0.2, 0) is 0 Å². The summed E-state index contributed by atoms with van der Waals surface area (Å²) in [4.78, 5) is 4.41. The molecule has 3 heteroatoms. The van der Waals surface area contributed by atoms with Crippen LogP contribution in [0.3, 0.4) is 0 Å². The first kappa shape index (κ1) is 8.53. The molecule has 0 spiro atoms. The third-order valence-corrected chi connectivity index (χ3v) is 1.85. The summed E-state index contributed by atoms with van der Waals surface area (Å²) in [6.07, 6.45) is 4.95. The Morgan fingerprint density at radius 1 is 1.36 bits per heavy atom. The molecule has 0 unspecified atom stereocenters. The third-order valence-electron chi connectivity index (χ3n) is 1.85. The topological polar surface area (TPSA) is 50.4 Å². The molecular formula is C8H17N3. The minimum atomic E-state index is 0.693. The van der Waals surface area contributed by atoms with Crippen molar-refractivity contribution in [2.45, 2.75) is 25.7 Å². The van der Waals surface area contributed by atoms with Gasteiger partial charge in [0.25, 0.3) is 0 Å². The molecule has 3 nitrogen and oxygen atoms in total. The molecule has 0 radical (unpaired) electrons. The zero-order valence-electron chi connectivity index (χ0n) is 6.97. The van der Waals surface area contributed by atoms with Gasteiger partial charge in [0, 0.05) is 26.1 Å². The molecule has 0 saturated carbocycles. The van der Waals surface area contributed by atoms with Gasteiger partial charge in [-0.15, -0.1) is 0 Å². The van der Waals surface area contributed by atoms with Gasteiger partial charge in [-0.05, 0) is 12.8 Å². The summed E-state index contributed by atoms with van der Waals surface area (Å²) in [7, 11) is 0. The lowest BCUT2D eigenvalue weighted by molar-refractivity contribution is 0.728. The average molecular weight is 155 g/mol. The van der Waals surface area contributed by atoms with Gasteiger partial charge in [-0.25, -0.2) is 0 Å². The molecule has 1 rings (SSSR count). The van der Waals surface area contributed by atoms with E-state index >= 15 is 0 Å². The van der Waals surface area contributed by atoms with Gasteiger partial charge in [0.05, 0.1) is 5.84 Å². The molecule has 0 bridgehead atoms. The maximum Gasteiger partial charge on any atom is 0.0963 e. The van der Waals surface area contributed by atoms with E-state index in [0.717, 1.165) is 25.3 Å². The van der Waals surface area contributed by atoms with Gasteiger partial charge in [-0.2, -0.15) is 0 Å². The smallest absolute Gasteiger partial charge is 0.0963 e. The first-order valence-electron chi connectivity index (χ1n) is 4.41. The number of aliphatic imine (C=N–C) groups is 1. The fourth-order valence-electron chi connectivity index (χ4n) is 1.23. The van der Waals surface area contributed by atoms with E-state index in [1.165, 1.54) is 19.3 Å². The van der Waals surface area contributed by atoms with Crippen LogP contribution in [0.15, 0.2) is 4.99 Å². The lowest BCUT2D eigenvalue weighted by Crippen LogP contribution is -2.28. The number of rotatable bonds is 2. The summed E-state index contributed by atoms with van der Waals surface area (Å²) < 4.78 is 0. The summed E-state index contributed by atoms with van der Waals surface area (Å²) in [5.74, 6) is 1.16. The Labute approximate surface area is 68.1 Å². The standard InChI is InChI=1S/C8H17N3/c9-5-7-11-8-4-2-1-3-6-10-8/h1-7,9H2,(H,10,11). The Hall–Kier alpha value is -0.570. The minimum absolute atomic E-state index is 0.693. The van der Waals surface area contributed by atoms with Crippen molar-refractivity contribution in [2.75, 3.05) is 19.6 Å². The van der Waals surface area contributed by atoms with Crippen molar-refractivity contribution in [3.8, 4) is 0 Å². The molecule has 0 aromatic heterocycles. The second-order valence-electron chi connectivity index (χ2n) is 2.85. The van der Waals surface area contributed by atoms with Crippen LogP contribution >= 0.6 is 0 Å². The van der Waals surface area contributed by atoms with Crippen molar-refractivity contribution in [2.24, 2.45) is 10.7 Å². The molecular weight excluding hydrogens is 138 g/mol. The molecule has 0 aromatic rings. The quantitative estimate of drug-likeness (QED) is 0.610. The zero-order chi connectivity index (χ0) is 7.94. The van der Waals surface area contributed by atoms with Crippen LogP contribution in [0.5, 0.6) is 0 Å². The Kier molecular flexibility index (Phi) is 3.98. The highest BCUT2D eigenvalue weighted by molar-refractivity contribution is 5.82. The van der Waals surface area contributed by atoms with E-state index in [4.69, 9.17) is 5.73 Å². The third kappa shape index (κ3) is 3.37. The predicted molar refractivity (Wildman–Crippen MR) is 47.8 cm³/mol. The summed E-state index contributed by atoms with van der Waals surface area (Å²) in [5, 5.41) is 3.24. The van der Waals surface area contributed by atoms with Crippen molar-refractivity contribution < 1.29 is 0 Å². The minimum Gasteiger partial charge on any atom is -0.373 e. The fraction of sp³-hybridized carbons (Fsp3) is 0.875. The van der Waals surface area contributed by atoms with Crippen molar-refractivity contribution in [1.29, 1.82) is 0 Å². The fourth-order valence-corrected chi connectivity index (χ4v) is 1.23. The molecule has 0 amide bonds. The number of amidine groups is 1. The van der Waals surface area contributed by atoms with E-state index < -0.39 is 0 Å². The average Bonchev–Trinajstić information content (AvgIpc) is 2.28. The van der Waals surface area contributed by atoms with Crippen LogP contribution in [0, 0.1) is 0 Å². The van der Waals surface area contributed by atoms with Crippen molar-refractivity contribution >= 4 is 5.84 Å². The molecule has 3 N–H and O–H groups in total. The first-order chi connectivity index (χ1) is 5.43. The van der Waals surface area contributed by atoms with Crippen molar-refractivity contribution in [3.05, 3.63) is 0 Å². The number of nitrogens with two attached hydrogens (primary N) is 1. The largest absolute Gasteiger partial charge is 0.373 e. The van der Waals surface area contributed by atoms with E-state index in [2.05, 4.69) is 10.3 Å². The molecule has 0 aliphatic carbocycles. The van der Waals surface area contributed by atoms with Crippen LogP contribution in [0.1, 0.15) is 25.7 Å². The molecule has 0 fully saturated rings. The number of hydrogen-bond donors (Lipinski definition) is 2. The molecule has 64 valence electrons. The van der Waals surface area contributed by atoms with E-state index in [1.807, 2.05) is 0 Å². The van der Waals surface area contributed by atoms with E-state index in [9.17, 15) is 0 Å². The van der Waals surface area contributed by atoms with E-state index in [1.54, 1.807) is 0 Å². The highest BCUT2D eigenvalue weighted by Crippen LogP contribution is 2.05. The molecule has 0 saturated heterocycles. The highest BCUT2D eigenvalue weighted by atomic mass is 15.0. The number of nitrogens with one attached hydrogen (secondary N) is 1. The lowest BCUT2D eigenvalue weighted by Gasteiger charge is -2.05. The van der Waals surface area contributed by atoms with Crippen molar-refractivity contribution in [1.82, 2.24) is 5.32 Å². The summed E-state index contributed by atoms with van der Waals surface area (Å²) >= 11 is 0. The summed E-state index contributed by atoms with van der Waals surface area (Å²) in [6, 6.07) is 0. The number of hydrogen-bond acceptors (Lipinski definition) is 3. The second-order valence-corrected chi connectivity index (χ2v) is 2.85. The van der Waals surface area contributed by atoms with Crippen LogP contribution in [0.4, 0.5) is 0 Å². The van der Waals surface area contributed by atoms with Crippen LogP contribution < -0.4 is 11.1 Å². The van der Waals surface area contributed by atoms with Gasteiger partial charge in [0.15, 0.2) is 0 Å². The Balaban J connectivity index is 2.23.